The number of nitrogens with zero attached hydrogens (tertiary/aromatic N) is 3. The first-order valence-corrected chi connectivity index (χ1v) is 10.6. The Hall–Kier alpha value is -1.66. The van der Waals surface area contributed by atoms with E-state index in [2.05, 4.69) is 20.1 Å². The lowest BCUT2D eigenvalue weighted by atomic mass is 9.89. The van der Waals surface area contributed by atoms with Crippen molar-refractivity contribution in [3.05, 3.63) is 23.9 Å². The number of pyridine rings is 1. The molecule has 6 heteroatoms. The Balaban J connectivity index is 1.20. The van der Waals surface area contributed by atoms with Gasteiger partial charge in [-0.15, -0.1) is 0 Å². The molecule has 0 bridgehead atoms. The second-order valence-electron chi connectivity index (χ2n) is 8.13. The van der Waals surface area contributed by atoms with Gasteiger partial charge in [-0.3, -0.25) is 4.79 Å². The van der Waals surface area contributed by atoms with Crippen molar-refractivity contribution in [1.29, 1.82) is 0 Å². The van der Waals surface area contributed by atoms with Crippen molar-refractivity contribution >= 4 is 11.7 Å². The molecule has 3 fully saturated rings. The van der Waals surface area contributed by atoms with Gasteiger partial charge in [0.25, 0.3) is 5.91 Å². The maximum Gasteiger partial charge on any atom is 0.252 e. The molecule has 1 aromatic heterocycles. The van der Waals surface area contributed by atoms with Crippen LogP contribution in [-0.4, -0.2) is 67.3 Å². The molecule has 3 heterocycles. The SMILES string of the molecule is CNC(=O)c1ccc(N2CCC(OC3CCN(C4CCC4)CC3)CC2)nc1. The Morgan fingerprint density at radius 2 is 1.70 bits per heavy atom. The van der Waals surface area contributed by atoms with Gasteiger partial charge in [-0.1, -0.05) is 6.42 Å². The van der Waals surface area contributed by atoms with Crippen molar-refractivity contribution in [2.75, 3.05) is 38.1 Å². The fourth-order valence-electron chi connectivity index (χ4n) is 4.47. The number of nitrogens with one attached hydrogen (secondary N) is 1. The second-order valence-corrected chi connectivity index (χ2v) is 8.13. The van der Waals surface area contributed by atoms with E-state index < -0.39 is 0 Å². The lowest BCUT2D eigenvalue weighted by molar-refractivity contribution is -0.0598. The second kappa shape index (κ2) is 8.57. The molecule has 148 valence electrons. The first-order valence-electron chi connectivity index (χ1n) is 10.6. The van der Waals surface area contributed by atoms with Crippen molar-refractivity contribution < 1.29 is 9.53 Å². The number of aromatic nitrogens is 1. The smallest absolute Gasteiger partial charge is 0.252 e. The Kier molecular flexibility index (Phi) is 5.93. The summed E-state index contributed by atoms with van der Waals surface area (Å²) in [5.41, 5.74) is 0.604. The van der Waals surface area contributed by atoms with Gasteiger partial charge in [-0.25, -0.2) is 4.98 Å². The molecule has 2 saturated heterocycles. The van der Waals surface area contributed by atoms with Gasteiger partial charge in [0.1, 0.15) is 5.82 Å². The summed E-state index contributed by atoms with van der Waals surface area (Å²) in [6.07, 6.45) is 11.2. The van der Waals surface area contributed by atoms with Gasteiger partial charge in [0.2, 0.25) is 0 Å². The highest BCUT2D eigenvalue weighted by atomic mass is 16.5. The topological polar surface area (TPSA) is 57.7 Å². The van der Waals surface area contributed by atoms with Crippen LogP contribution in [0, 0.1) is 0 Å². The van der Waals surface area contributed by atoms with Gasteiger partial charge in [0.15, 0.2) is 0 Å². The zero-order chi connectivity index (χ0) is 18.6. The van der Waals surface area contributed by atoms with Crippen LogP contribution in [0.5, 0.6) is 0 Å². The fraction of sp³-hybridized carbons (Fsp3) is 0.714. The van der Waals surface area contributed by atoms with E-state index in [-0.39, 0.29) is 5.91 Å². The predicted molar refractivity (Wildman–Crippen MR) is 106 cm³/mol. The molecule has 0 spiro atoms. The normalized spacial score (nSPS) is 23.2. The minimum absolute atomic E-state index is 0.0930. The number of anilines is 1. The Morgan fingerprint density at radius 1 is 1.04 bits per heavy atom. The molecular formula is C21H32N4O2. The predicted octanol–water partition coefficient (Wildman–Crippen LogP) is 2.44. The van der Waals surface area contributed by atoms with Crippen LogP contribution >= 0.6 is 0 Å². The molecule has 1 amide bonds. The average molecular weight is 373 g/mol. The van der Waals surface area contributed by atoms with Crippen LogP contribution in [0.4, 0.5) is 5.82 Å². The number of likely N-dealkylation sites (tertiary alicyclic amines) is 1. The molecule has 0 radical (unpaired) electrons. The van der Waals surface area contributed by atoms with Crippen LogP contribution in [0.2, 0.25) is 0 Å². The number of rotatable bonds is 5. The van der Waals surface area contributed by atoms with Crippen molar-refractivity contribution in [1.82, 2.24) is 15.2 Å². The van der Waals surface area contributed by atoms with E-state index >= 15 is 0 Å². The zero-order valence-corrected chi connectivity index (χ0v) is 16.4. The molecule has 1 aliphatic carbocycles. The third-order valence-corrected chi connectivity index (χ3v) is 6.46. The molecule has 1 N–H and O–H groups in total. The summed E-state index contributed by atoms with van der Waals surface area (Å²) < 4.78 is 6.43. The summed E-state index contributed by atoms with van der Waals surface area (Å²) in [5.74, 6) is 0.861. The lowest BCUT2D eigenvalue weighted by Gasteiger charge is -2.42. The maximum absolute atomic E-state index is 11.6. The third-order valence-electron chi connectivity index (χ3n) is 6.46. The van der Waals surface area contributed by atoms with Gasteiger partial charge in [0.05, 0.1) is 17.8 Å². The van der Waals surface area contributed by atoms with E-state index in [0.717, 1.165) is 37.8 Å². The van der Waals surface area contributed by atoms with E-state index in [1.54, 1.807) is 13.2 Å². The first kappa shape index (κ1) is 18.7. The standard InChI is InChI=1S/C21H32N4O2/c1-22-21(26)16-5-6-20(23-15-16)25-13-9-19(10-14-25)27-18-7-11-24(12-8-18)17-3-2-4-17/h5-6,15,17-19H,2-4,7-14H2,1H3,(H,22,26). The molecule has 3 aliphatic rings. The number of piperidine rings is 2. The summed E-state index contributed by atoms with van der Waals surface area (Å²) >= 11 is 0. The van der Waals surface area contributed by atoms with Gasteiger partial charge in [0, 0.05) is 45.5 Å². The molecule has 2 aliphatic heterocycles. The van der Waals surface area contributed by atoms with E-state index in [1.807, 2.05) is 12.1 Å². The molecule has 1 aromatic rings. The van der Waals surface area contributed by atoms with Crippen LogP contribution in [0.3, 0.4) is 0 Å². The number of carbonyl (C=O) groups excluding carboxylic acids is 1. The highest BCUT2D eigenvalue weighted by molar-refractivity contribution is 5.93. The van der Waals surface area contributed by atoms with Crippen LogP contribution in [0.15, 0.2) is 18.3 Å². The van der Waals surface area contributed by atoms with Crippen molar-refractivity contribution in [3.8, 4) is 0 Å². The summed E-state index contributed by atoms with van der Waals surface area (Å²) in [4.78, 5) is 21.1. The molecule has 0 unspecified atom stereocenters. The summed E-state index contributed by atoms with van der Waals surface area (Å²) in [6, 6.07) is 4.66. The van der Waals surface area contributed by atoms with Crippen LogP contribution in [0.25, 0.3) is 0 Å². The minimum Gasteiger partial charge on any atom is -0.375 e. The molecule has 27 heavy (non-hydrogen) atoms. The Bertz CT molecular complexity index is 616. The van der Waals surface area contributed by atoms with Gasteiger partial charge < -0.3 is 19.9 Å². The molecule has 0 atom stereocenters. The van der Waals surface area contributed by atoms with Gasteiger partial charge in [-0.05, 0) is 50.7 Å². The van der Waals surface area contributed by atoms with E-state index in [0.29, 0.717) is 17.8 Å². The van der Waals surface area contributed by atoms with Gasteiger partial charge in [-0.2, -0.15) is 0 Å². The molecule has 6 nitrogen and oxygen atoms in total. The number of ether oxygens (including phenoxy) is 1. The number of amides is 1. The van der Waals surface area contributed by atoms with E-state index in [4.69, 9.17) is 4.74 Å². The lowest BCUT2D eigenvalue weighted by Crippen LogP contribution is -2.47. The third kappa shape index (κ3) is 4.43. The maximum atomic E-state index is 11.6. The largest absolute Gasteiger partial charge is 0.375 e. The minimum atomic E-state index is -0.0930. The summed E-state index contributed by atoms with van der Waals surface area (Å²) in [5, 5.41) is 2.63. The average Bonchev–Trinajstić information content (AvgIpc) is 2.68. The summed E-state index contributed by atoms with van der Waals surface area (Å²) in [6.45, 7) is 4.38. The van der Waals surface area contributed by atoms with E-state index in [1.165, 1.54) is 45.2 Å². The number of hydrogen-bond donors (Lipinski definition) is 1. The molecule has 0 aromatic carbocycles. The fourth-order valence-corrected chi connectivity index (χ4v) is 4.47. The highest BCUT2D eigenvalue weighted by Crippen LogP contribution is 2.29. The molecule has 1 saturated carbocycles. The number of hydrogen-bond acceptors (Lipinski definition) is 5. The Morgan fingerprint density at radius 3 is 2.22 bits per heavy atom. The van der Waals surface area contributed by atoms with Crippen molar-refractivity contribution in [2.24, 2.45) is 0 Å². The quantitative estimate of drug-likeness (QED) is 0.860. The zero-order valence-electron chi connectivity index (χ0n) is 16.4. The van der Waals surface area contributed by atoms with Crippen molar-refractivity contribution in [3.63, 3.8) is 0 Å². The van der Waals surface area contributed by atoms with Crippen LogP contribution in [-0.2, 0) is 4.74 Å². The van der Waals surface area contributed by atoms with E-state index in [9.17, 15) is 4.79 Å². The molecule has 4 rings (SSSR count). The van der Waals surface area contributed by atoms with Crippen LogP contribution < -0.4 is 10.2 Å². The molecular weight excluding hydrogens is 340 g/mol. The van der Waals surface area contributed by atoms with Crippen molar-refractivity contribution in [2.45, 2.75) is 63.2 Å². The Labute approximate surface area is 162 Å². The monoisotopic (exact) mass is 372 g/mol. The summed E-state index contributed by atoms with van der Waals surface area (Å²) in [7, 11) is 1.64. The highest BCUT2D eigenvalue weighted by Gasteiger charge is 2.30. The van der Waals surface area contributed by atoms with Crippen LogP contribution in [0.1, 0.15) is 55.3 Å². The van der Waals surface area contributed by atoms with Gasteiger partial charge >= 0.3 is 0 Å². The first-order chi connectivity index (χ1) is 13.2. The number of carbonyl (C=O) groups is 1.